The molecule has 0 radical (unpaired) electrons. The van der Waals surface area contributed by atoms with Gasteiger partial charge in [-0.05, 0) is 44.7 Å². The molecule has 1 heterocycles. The molecule has 2 aliphatic carbocycles. The van der Waals surface area contributed by atoms with E-state index in [0.717, 1.165) is 31.2 Å². The topological polar surface area (TPSA) is 85.1 Å². The number of aryl methyl sites for hydroxylation is 1. The lowest BCUT2D eigenvalue weighted by molar-refractivity contribution is 0.333. The molecular formula is C17H21N3O3S. The monoisotopic (exact) mass is 347 g/mol. The van der Waals surface area contributed by atoms with Gasteiger partial charge in [0, 0.05) is 5.92 Å². The van der Waals surface area contributed by atoms with Crippen molar-refractivity contribution in [2.45, 2.75) is 61.8 Å². The van der Waals surface area contributed by atoms with Crippen LogP contribution in [0.3, 0.4) is 0 Å². The minimum atomic E-state index is -3.63. The Bertz CT molecular complexity index is 832. The van der Waals surface area contributed by atoms with Crippen molar-refractivity contribution >= 4 is 10.0 Å². The molecule has 128 valence electrons. The lowest BCUT2D eigenvalue weighted by Gasteiger charge is -2.26. The molecule has 1 aromatic carbocycles. The smallest absolute Gasteiger partial charge is 0.241 e. The van der Waals surface area contributed by atoms with Crippen molar-refractivity contribution in [3.8, 4) is 0 Å². The molecule has 0 bridgehead atoms. The number of aromatic nitrogens is 2. The van der Waals surface area contributed by atoms with E-state index in [1.165, 1.54) is 0 Å². The van der Waals surface area contributed by atoms with Crippen molar-refractivity contribution in [1.82, 2.24) is 14.9 Å². The van der Waals surface area contributed by atoms with E-state index < -0.39 is 15.6 Å². The molecule has 2 fully saturated rings. The summed E-state index contributed by atoms with van der Waals surface area (Å²) in [5.74, 6) is 1.49. The molecule has 4 rings (SSSR count). The Morgan fingerprint density at radius 2 is 1.83 bits per heavy atom. The van der Waals surface area contributed by atoms with E-state index in [1.807, 2.05) is 6.92 Å². The normalized spacial score (nSPS) is 20.4. The van der Waals surface area contributed by atoms with Crippen molar-refractivity contribution in [2.75, 3.05) is 0 Å². The van der Waals surface area contributed by atoms with E-state index in [4.69, 9.17) is 4.52 Å². The van der Waals surface area contributed by atoms with Gasteiger partial charge in [0.15, 0.2) is 5.82 Å². The lowest BCUT2D eigenvalue weighted by Crippen LogP contribution is -2.44. The Morgan fingerprint density at radius 1 is 1.17 bits per heavy atom. The summed E-state index contributed by atoms with van der Waals surface area (Å²) in [6.07, 6.45) is 5.43. The first-order chi connectivity index (χ1) is 11.5. The highest BCUT2D eigenvalue weighted by Crippen LogP contribution is 2.42. The van der Waals surface area contributed by atoms with Crippen molar-refractivity contribution in [2.24, 2.45) is 0 Å². The third-order valence-electron chi connectivity index (χ3n) is 4.91. The highest BCUT2D eigenvalue weighted by Gasteiger charge is 2.44. The first-order valence-corrected chi connectivity index (χ1v) is 9.92. The number of hydrogen-bond donors (Lipinski definition) is 1. The minimum Gasteiger partial charge on any atom is -0.339 e. The summed E-state index contributed by atoms with van der Waals surface area (Å²) >= 11 is 0. The standard InChI is InChI=1S/C17H21N3O3S/c1-12-4-8-14(9-5-12)24(21,22)20-17(10-2-3-11-17)16-18-15(23-19-16)13-6-7-13/h4-5,8-9,13,20H,2-3,6-7,10-11H2,1H3. The quantitative estimate of drug-likeness (QED) is 0.898. The molecule has 0 spiro atoms. The van der Waals surface area contributed by atoms with Gasteiger partial charge in [-0.3, -0.25) is 0 Å². The van der Waals surface area contributed by atoms with Gasteiger partial charge in [0.1, 0.15) is 0 Å². The molecule has 0 aliphatic heterocycles. The van der Waals surface area contributed by atoms with Crippen molar-refractivity contribution < 1.29 is 12.9 Å². The van der Waals surface area contributed by atoms with Crippen molar-refractivity contribution in [3.63, 3.8) is 0 Å². The molecule has 24 heavy (non-hydrogen) atoms. The van der Waals surface area contributed by atoms with E-state index >= 15 is 0 Å². The van der Waals surface area contributed by atoms with Crippen molar-refractivity contribution in [1.29, 1.82) is 0 Å². The summed E-state index contributed by atoms with van der Waals surface area (Å²) in [5.41, 5.74) is 0.275. The number of sulfonamides is 1. The maximum Gasteiger partial charge on any atom is 0.241 e. The second-order valence-electron chi connectivity index (χ2n) is 6.94. The minimum absolute atomic E-state index is 0.269. The van der Waals surface area contributed by atoms with Gasteiger partial charge < -0.3 is 4.52 Å². The van der Waals surface area contributed by atoms with Crippen LogP contribution in [0.15, 0.2) is 33.7 Å². The molecule has 0 saturated heterocycles. The van der Waals surface area contributed by atoms with Gasteiger partial charge in [-0.15, -0.1) is 0 Å². The highest BCUT2D eigenvalue weighted by atomic mass is 32.2. The van der Waals surface area contributed by atoms with Gasteiger partial charge in [0.05, 0.1) is 10.4 Å². The number of hydrogen-bond acceptors (Lipinski definition) is 5. The van der Waals surface area contributed by atoms with Crippen LogP contribution in [-0.2, 0) is 15.6 Å². The Labute approximate surface area is 141 Å². The zero-order chi connectivity index (χ0) is 16.8. The first kappa shape index (κ1) is 15.8. The van der Waals surface area contributed by atoms with Crippen LogP contribution in [-0.4, -0.2) is 18.6 Å². The predicted octanol–water partition coefficient (Wildman–Crippen LogP) is 3.00. The summed E-state index contributed by atoms with van der Waals surface area (Å²) in [5, 5.41) is 4.11. The first-order valence-electron chi connectivity index (χ1n) is 8.43. The van der Waals surface area contributed by atoms with Crippen LogP contribution in [0.5, 0.6) is 0 Å². The zero-order valence-electron chi connectivity index (χ0n) is 13.7. The van der Waals surface area contributed by atoms with Gasteiger partial charge in [0.2, 0.25) is 15.9 Å². The van der Waals surface area contributed by atoms with E-state index in [0.29, 0.717) is 30.5 Å². The second kappa shape index (κ2) is 5.67. The van der Waals surface area contributed by atoms with Crippen LogP contribution in [0.2, 0.25) is 0 Å². The SMILES string of the molecule is Cc1ccc(S(=O)(=O)NC2(c3noc(C4CC4)n3)CCCC2)cc1. The van der Waals surface area contributed by atoms with Gasteiger partial charge in [-0.2, -0.15) is 9.71 Å². The van der Waals surface area contributed by atoms with Gasteiger partial charge in [-0.25, -0.2) is 8.42 Å². The maximum atomic E-state index is 12.8. The van der Waals surface area contributed by atoms with Gasteiger partial charge >= 0.3 is 0 Å². The fraction of sp³-hybridized carbons (Fsp3) is 0.529. The van der Waals surface area contributed by atoms with E-state index in [-0.39, 0.29) is 4.90 Å². The summed E-state index contributed by atoms with van der Waals surface area (Å²) in [6, 6.07) is 6.86. The van der Waals surface area contributed by atoms with Gasteiger partial charge in [0.25, 0.3) is 0 Å². The fourth-order valence-electron chi connectivity index (χ4n) is 3.31. The molecule has 7 heteroatoms. The molecule has 0 amide bonds. The highest BCUT2D eigenvalue weighted by molar-refractivity contribution is 7.89. The molecule has 1 aromatic heterocycles. The Morgan fingerprint density at radius 3 is 2.46 bits per heavy atom. The predicted molar refractivity (Wildman–Crippen MR) is 87.9 cm³/mol. The summed E-state index contributed by atoms with van der Waals surface area (Å²) in [4.78, 5) is 4.78. The zero-order valence-corrected chi connectivity index (χ0v) is 14.5. The third kappa shape index (κ3) is 2.86. The van der Waals surface area contributed by atoms with Crippen molar-refractivity contribution in [3.05, 3.63) is 41.5 Å². The van der Waals surface area contributed by atoms with E-state index in [2.05, 4.69) is 14.9 Å². The largest absolute Gasteiger partial charge is 0.339 e. The third-order valence-corrected chi connectivity index (χ3v) is 6.47. The number of benzene rings is 1. The Kier molecular flexibility index (Phi) is 3.73. The maximum absolute atomic E-state index is 12.8. The van der Waals surface area contributed by atoms with Crippen LogP contribution in [0, 0.1) is 6.92 Å². The molecule has 2 saturated carbocycles. The number of rotatable bonds is 5. The summed E-state index contributed by atoms with van der Waals surface area (Å²) in [7, 11) is -3.63. The Hall–Kier alpha value is -1.73. The van der Waals surface area contributed by atoms with E-state index in [1.54, 1.807) is 24.3 Å². The molecule has 0 unspecified atom stereocenters. The number of nitrogens with zero attached hydrogens (tertiary/aromatic N) is 2. The molecule has 2 aromatic rings. The number of nitrogens with one attached hydrogen (secondary N) is 1. The Balaban J connectivity index is 1.66. The lowest BCUT2D eigenvalue weighted by atomic mass is 9.98. The van der Waals surface area contributed by atoms with Crippen LogP contribution >= 0.6 is 0 Å². The molecule has 6 nitrogen and oxygen atoms in total. The molecule has 0 atom stereocenters. The fourth-order valence-corrected chi connectivity index (χ4v) is 4.73. The van der Waals surface area contributed by atoms with E-state index in [9.17, 15) is 8.42 Å². The van der Waals surface area contributed by atoms with Gasteiger partial charge in [-0.1, -0.05) is 35.7 Å². The van der Waals surface area contributed by atoms with Crippen LogP contribution in [0.25, 0.3) is 0 Å². The molecular weight excluding hydrogens is 326 g/mol. The summed E-state index contributed by atoms with van der Waals surface area (Å²) < 4.78 is 33.9. The van der Waals surface area contributed by atoms with Crippen LogP contribution in [0.1, 0.15) is 61.7 Å². The average Bonchev–Trinajstić information content (AvgIpc) is 3.09. The van der Waals surface area contributed by atoms with Crippen LogP contribution < -0.4 is 4.72 Å². The van der Waals surface area contributed by atoms with Crippen LogP contribution in [0.4, 0.5) is 0 Å². The molecule has 2 aliphatic rings. The second-order valence-corrected chi connectivity index (χ2v) is 8.62. The summed E-state index contributed by atoms with van der Waals surface area (Å²) in [6.45, 7) is 1.93. The average molecular weight is 347 g/mol. The molecule has 1 N–H and O–H groups in total.